The van der Waals surface area contributed by atoms with Gasteiger partial charge in [-0.3, -0.25) is 15.2 Å². The van der Waals surface area contributed by atoms with Crippen molar-refractivity contribution < 1.29 is 4.79 Å². The van der Waals surface area contributed by atoms with Crippen LogP contribution >= 0.6 is 34.8 Å². The number of rotatable bonds is 1. The molecule has 0 spiro atoms. The number of carbonyl (C=O) groups is 1. The molecule has 0 radical (unpaired) electrons. The van der Waals surface area contributed by atoms with Crippen LogP contribution in [0.5, 0.6) is 0 Å². The number of nitrogens with one attached hydrogen (secondary N) is 1. The van der Waals surface area contributed by atoms with Crippen molar-refractivity contribution in [3.63, 3.8) is 0 Å². The molecule has 3 heterocycles. The highest BCUT2D eigenvalue weighted by Crippen LogP contribution is 2.22. The van der Waals surface area contributed by atoms with Crippen LogP contribution in [-0.2, 0) is 4.79 Å². The van der Waals surface area contributed by atoms with Crippen LogP contribution in [0.1, 0.15) is 6.42 Å². The number of hydrogen-bond donors (Lipinski definition) is 1. The van der Waals surface area contributed by atoms with Gasteiger partial charge in [-0.15, -0.1) is 0 Å². The maximum Gasteiger partial charge on any atom is 0.240 e. The molecular weight excluding hydrogens is 337 g/mol. The zero-order valence-corrected chi connectivity index (χ0v) is 12.9. The van der Waals surface area contributed by atoms with E-state index in [0.29, 0.717) is 23.8 Å². The summed E-state index contributed by atoms with van der Waals surface area (Å²) in [5.74, 6) is 0.608. The quantitative estimate of drug-likeness (QED) is 0.859. The number of halogens is 3. The van der Waals surface area contributed by atoms with Crippen LogP contribution < -0.4 is 10.4 Å². The van der Waals surface area contributed by atoms with Crippen molar-refractivity contribution in [2.75, 3.05) is 11.6 Å². The predicted molar refractivity (Wildman–Crippen MR) is 81.4 cm³/mol. The number of carbonyl (C=O) groups excluding carboxylic acids is 1. The molecule has 3 rings (SSSR count). The van der Waals surface area contributed by atoms with Gasteiger partial charge in [-0.25, -0.2) is 15.0 Å². The summed E-state index contributed by atoms with van der Waals surface area (Å²) >= 11 is 16.7. The molecule has 6 nitrogen and oxygen atoms in total. The number of aromatic nitrogens is 3. The number of pyridine rings is 1. The molecule has 1 aliphatic rings. The van der Waals surface area contributed by atoms with Gasteiger partial charge in [-0.05, 0) is 12.1 Å². The van der Waals surface area contributed by atoms with Crippen LogP contribution in [0.3, 0.4) is 0 Å². The summed E-state index contributed by atoms with van der Waals surface area (Å²) in [6.45, 7) is 0.621. The first-order chi connectivity index (χ1) is 10.1. The van der Waals surface area contributed by atoms with Crippen molar-refractivity contribution in [1.82, 2.24) is 20.4 Å². The Morgan fingerprint density at radius 3 is 2.19 bits per heavy atom. The minimum atomic E-state index is 0.00159. The highest BCUT2D eigenvalue weighted by molar-refractivity contribution is 6.40. The lowest BCUT2D eigenvalue weighted by Gasteiger charge is -2.16. The second kappa shape index (κ2) is 7.40. The number of amides is 1. The molecule has 1 fully saturated rings. The van der Waals surface area contributed by atoms with E-state index in [0.717, 1.165) is 0 Å². The number of hydrazine groups is 1. The third kappa shape index (κ3) is 4.42. The van der Waals surface area contributed by atoms with Gasteiger partial charge in [0.05, 0.1) is 11.6 Å². The average Bonchev–Trinajstić information content (AvgIpc) is 2.90. The minimum absolute atomic E-state index is 0.00159. The smallest absolute Gasteiger partial charge is 0.240 e. The van der Waals surface area contributed by atoms with E-state index in [9.17, 15) is 4.79 Å². The van der Waals surface area contributed by atoms with E-state index in [-0.39, 0.29) is 16.2 Å². The normalized spacial score (nSPS) is 13.5. The van der Waals surface area contributed by atoms with E-state index in [1.54, 1.807) is 23.3 Å². The van der Waals surface area contributed by atoms with Crippen molar-refractivity contribution in [2.45, 2.75) is 6.42 Å². The molecular formula is C12H10Cl3N5O. The maximum atomic E-state index is 10.9. The number of anilines is 1. The Kier molecular flexibility index (Phi) is 5.55. The molecule has 0 aromatic carbocycles. The molecule has 1 N–H and O–H groups in total. The first-order valence-corrected chi connectivity index (χ1v) is 7.01. The Balaban J connectivity index is 0.000000173. The van der Waals surface area contributed by atoms with Crippen LogP contribution in [-0.4, -0.2) is 27.4 Å². The van der Waals surface area contributed by atoms with E-state index < -0.39 is 0 Å². The molecule has 0 aliphatic carbocycles. The summed E-state index contributed by atoms with van der Waals surface area (Å²) in [7, 11) is 0. The van der Waals surface area contributed by atoms with Gasteiger partial charge in [0.1, 0.15) is 0 Å². The molecule has 0 atom stereocenters. The average molecular weight is 347 g/mol. The monoisotopic (exact) mass is 345 g/mol. The summed E-state index contributed by atoms with van der Waals surface area (Å²) in [5.41, 5.74) is 2.66. The van der Waals surface area contributed by atoms with Crippen LogP contribution in [0, 0.1) is 0 Å². The maximum absolute atomic E-state index is 10.9. The molecule has 1 amide bonds. The standard InChI is InChI=1S/C8H8ClN3O.C4H2Cl2N2/c9-6-2-1-4-10-8(6)12-5-3-7(13)11-12;5-3-4(6)8-2-1-7-3/h1-2,4H,3,5H2,(H,11,13);1-2H. The van der Waals surface area contributed by atoms with Crippen LogP contribution in [0.2, 0.25) is 15.3 Å². The van der Waals surface area contributed by atoms with Crippen molar-refractivity contribution in [3.8, 4) is 0 Å². The highest BCUT2D eigenvalue weighted by atomic mass is 35.5. The molecule has 110 valence electrons. The Morgan fingerprint density at radius 2 is 1.71 bits per heavy atom. The Hall–Kier alpha value is -1.63. The molecule has 2 aromatic heterocycles. The molecule has 1 saturated heterocycles. The molecule has 0 bridgehead atoms. The van der Waals surface area contributed by atoms with E-state index in [4.69, 9.17) is 34.8 Å². The van der Waals surface area contributed by atoms with Crippen LogP contribution in [0.25, 0.3) is 0 Å². The van der Waals surface area contributed by atoms with E-state index in [1.807, 2.05) is 0 Å². The third-order valence-electron chi connectivity index (χ3n) is 2.43. The Labute approximate surface area is 136 Å². The number of hydrogen-bond acceptors (Lipinski definition) is 5. The van der Waals surface area contributed by atoms with Gasteiger partial charge < -0.3 is 0 Å². The summed E-state index contributed by atoms with van der Waals surface area (Å²) in [5, 5.41) is 2.69. The summed E-state index contributed by atoms with van der Waals surface area (Å²) < 4.78 is 0. The lowest BCUT2D eigenvalue weighted by molar-refractivity contribution is -0.119. The Bertz CT molecular complexity index is 619. The van der Waals surface area contributed by atoms with Gasteiger partial charge in [-0.1, -0.05) is 34.8 Å². The van der Waals surface area contributed by atoms with Gasteiger partial charge in [0, 0.05) is 25.0 Å². The fraction of sp³-hybridized carbons (Fsp3) is 0.167. The minimum Gasteiger partial charge on any atom is -0.273 e. The van der Waals surface area contributed by atoms with Gasteiger partial charge in [0.2, 0.25) is 5.91 Å². The van der Waals surface area contributed by atoms with Crippen LogP contribution in [0.4, 0.5) is 5.82 Å². The summed E-state index contributed by atoms with van der Waals surface area (Å²) in [6, 6.07) is 3.50. The predicted octanol–water partition coefficient (Wildman–Crippen LogP) is 2.76. The zero-order valence-electron chi connectivity index (χ0n) is 10.6. The molecule has 21 heavy (non-hydrogen) atoms. The fourth-order valence-electron chi connectivity index (χ4n) is 1.51. The van der Waals surface area contributed by atoms with Gasteiger partial charge in [0.25, 0.3) is 0 Å². The summed E-state index contributed by atoms with van der Waals surface area (Å²) in [6.07, 6.45) is 5.10. The lowest BCUT2D eigenvalue weighted by atomic mass is 10.4. The molecule has 1 aliphatic heterocycles. The van der Waals surface area contributed by atoms with Crippen LogP contribution in [0.15, 0.2) is 30.7 Å². The molecule has 0 saturated carbocycles. The van der Waals surface area contributed by atoms with Crippen molar-refractivity contribution in [3.05, 3.63) is 46.1 Å². The fourth-order valence-corrected chi connectivity index (χ4v) is 1.95. The SMILES string of the molecule is Clc1nccnc1Cl.O=C1CCN(c2ncccc2Cl)N1. The molecule has 0 unspecified atom stereocenters. The lowest BCUT2D eigenvalue weighted by Crippen LogP contribution is -2.33. The van der Waals surface area contributed by atoms with Crippen molar-refractivity contribution in [2.24, 2.45) is 0 Å². The van der Waals surface area contributed by atoms with E-state index in [2.05, 4.69) is 20.4 Å². The van der Waals surface area contributed by atoms with Crippen molar-refractivity contribution >= 4 is 46.5 Å². The first-order valence-electron chi connectivity index (χ1n) is 5.87. The largest absolute Gasteiger partial charge is 0.273 e. The van der Waals surface area contributed by atoms with Crippen molar-refractivity contribution in [1.29, 1.82) is 0 Å². The zero-order chi connectivity index (χ0) is 15.2. The highest BCUT2D eigenvalue weighted by Gasteiger charge is 2.20. The first kappa shape index (κ1) is 15.8. The molecule has 2 aromatic rings. The van der Waals surface area contributed by atoms with Gasteiger partial charge in [0.15, 0.2) is 16.1 Å². The second-order valence-corrected chi connectivity index (χ2v) is 5.01. The van der Waals surface area contributed by atoms with E-state index in [1.165, 1.54) is 12.4 Å². The van der Waals surface area contributed by atoms with E-state index >= 15 is 0 Å². The number of nitrogens with zero attached hydrogens (tertiary/aromatic N) is 4. The van der Waals surface area contributed by atoms with Gasteiger partial charge >= 0.3 is 0 Å². The second-order valence-electron chi connectivity index (χ2n) is 3.88. The summed E-state index contributed by atoms with van der Waals surface area (Å²) in [4.78, 5) is 22.3. The Morgan fingerprint density at radius 1 is 1.05 bits per heavy atom. The van der Waals surface area contributed by atoms with Gasteiger partial charge in [-0.2, -0.15) is 0 Å². The molecule has 9 heteroatoms. The third-order valence-corrected chi connectivity index (χ3v) is 3.37. The topological polar surface area (TPSA) is 71.0 Å².